The molecular formula is C18H34N3O7P. The molecule has 5 rings (SSSR count). The van der Waals surface area contributed by atoms with E-state index in [0.29, 0.717) is 6.54 Å². The van der Waals surface area contributed by atoms with Gasteiger partial charge in [-0.25, -0.2) is 10.2 Å². The fourth-order valence-corrected chi connectivity index (χ4v) is 7.39. The predicted octanol–water partition coefficient (Wildman–Crippen LogP) is -1.17. The topological polar surface area (TPSA) is 164 Å². The summed E-state index contributed by atoms with van der Waals surface area (Å²) in [5.41, 5.74) is 0.120. The molecule has 0 aromatic rings. The van der Waals surface area contributed by atoms with Crippen molar-refractivity contribution in [2.75, 3.05) is 19.8 Å². The molecule has 4 aliphatic carbocycles. The highest BCUT2D eigenvalue weighted by Gasteiger charge is 2.51. The van der Waals surface area contributed by atoms with Gasteiger partial charge in [-0.2, -0.15) is 0 Å². The summed E-state index contributed by atoms with van der Waals surface area (Å²) in [7, 11) is -3.82. The summed E-state index contributed by atoms with van der Waals surface area (Å²) in [5.74, 6) is 2.29. The Labute approximate surface area is 170 Å². The standard InChI is InChI=1S/C18H34N3O7P/c22-7-13-15(23)16(24)14(17(25)28-13)19-9-21-29(26,27)20-8-18-4-10-1-11(5-18)3-12(2-10)6-18/h10-17,19,22-25H,1-9H2,(H3,20,21,26,27)/t10?,11?,12?,13-,14?,15+,16-,17?,18?/m1/s1. The van der Waals surface area contributed by atoms with Crippen LogP contribution in [0.5, 0.6) is 0 Å². The van der Waals surface area contributed by atoms with Gasteiger partial charge >= 0.3 is 7.67 Å². The van der Waals surface area contributed by atoms with Crippen LogP contribution in [0.15, 0.2) is 0 Å². The maximum Gasteiger partial charge on any atom is 0.339 e. The summed E-state index contributed by atoms with van der Waals surface area (Å²) in [6.45, 7) is -0.216. The second-order valence-corrected chi connectivity index (χ2v) is 11.4. The lowest BCUT2D eigenvalue weighted by atomic mass is 9.50. The van der Waals surface area contributed by atoms with Gasteiger partial charge in [0.1, 0.15) is 18.3 Å². The van der Waals surface area contributed by atoms with Gasteiger partial charge in [-0.15, -0.1) is 0 Å². The molecule has 0 amide bonds. The van der Waals surface area contributed by atoms with Crippen molar-refractivity contribution in [3.05, 3.63) is 0 Å². The van der Waals surface area contributed by atoms with E-state index in [2.05, 4.69) is 15.5 Å². The summed E-state index contributed by atoms with van der Waals surface area (Å²) in [6.07, 6.45) is 2.01. The van der Waals surface area contributed by atoms with Gasteiger partial charge < -0.3 is 30.1 Å². The number of rotatable bonds is 8. The Kier molecular flexibility index (Phi) is 6.41. The smallest absolute Gasteiger partial charge is 0.339 e. The van der Waals surface area contributed by atoms with Crippen LogP contribution in [0.4, 0.5) is 0 Å². The third-order valence-electron chi connectivity index (χ3n) is 7.36. The molecule has 0 aromatic heterocycles. The lowest BCUT2D eigenvalue weighted by Crippen LogP contribution is -2.64. The predicted molar refractivity (Wildman–Crippen MR) is 103 cm³/mol. The molecule has 5 fully saturated rings. The van der Waals surface area contributed by atoms with Crippen LogP contribution < -0.4 is 15.5 Å². The molecule has 10 nitrogen and oxygen atoms in total. The van der Waals surface area contributed by atoms with Crippen LogP contribution in [0, 0.1) is 23.2 Å². The van der Waals surface area contributed by atoms with Crippen LogP contribution in [-0.2, 0) is 9.30 Å². The lowest BCUT2D eigenvalue weighted by Gasteiger charge is -2.57. The molecule has 8 N–H and O–H groups in total. The molecule has 3 unspecified atom stereocenters. The van der Waals surface area contributed by atoms with Gasteiger partial charge in [-0.05, 0) is 61.7 Å². The van der Waals surface area contributed by atoms with E-state index >= 15 is 0 Å². The molecule has 29 heavy (non-hydrogen) atoms. The van der Waals surface area contributed by atoms with E-state index in [1.54, 1.807) is 0 Å². The van der Waals surface area contributed by atoms with E-state index in [0.717, 1.165) is 37.0 Å². The Morgan fingerprint density at radius 3 is 2.10 bits per heavy atom. The van der Waals surface area contributed by atoms with Gasteiger partial charge in [0.25, 0.3) is 0 Å². The first-order valence-corrected chi connectivity index (χ1v) is 12.2. The molecule has 4 saturated carbocycles. The van der Waals surface area contributed by atoms with Crippen molar-refractivity contribution in [2.45, 2.75) is 69.2 Å². The minimum atomic E-state index is -3.82. The largest absolute Gasteiger partial charge is 0.394 e. The average molecular weight is 435 g/mol. The molecule has 0 aromatic carbocycles. The van der Waals surface area contributed by atoms with Gasteiger partial charge in [0.2, 0.25) is 0 Å². The molecule has 168 valence electrons. The zero-order valence-electron chi connectivity index (χ0n) is 16.5. The van der Waals surface area contributed by atoms with E-state index < -0.39 is 44.9 Å². The Bertz CT molecular complexity index is 603. The Balaban J connectivity index is 1.25. The zero-order chi connectivity index (χ0) is 20.8. The van der Waals surface area contributed by atoms with Crippen molar-refractivity contribution in [2.24, 2.45) is 23.2 Å². The van der Waals surface area contributed by atoms with Crippen LogP contribution in [0.25, 0.3) is 0 Å². The third kappa shape index (κ3) is 4.72. The first-order chi connectivity index (χ1) is 13.7. The summed E-state index contributed by atoms with van der Waals surface area (Å²) in [6, 6.07) is -1.07. The number of aliphatic hydroxyl groups excluding tert-OH is 4. The van der Waals surface area contributed by atoms with Gasteiger partial charge in [0, 0.05) is 6.54 Å². The van der Waals surface area contributed by atoms with Crippen LogP contribution >= 0.6 is 7.67 Å². The van der Waals surface area contributed by atoms with Crippen LogP contribution in [0.3, 0.4) is 0 Å². The third-order valence-corrected chi connectivity index (χ3v) is 8.54. The first kappa shape index (κ1) is 22.1. The molecular weight excluding hydrogens is 401 g/mol. The van der Waals surface area contributed by atoms with Crippen LogP contribution in [0.2, 0.25) is 0 Å². The minimum Gasteiger partial charge on any atom is -0.394 e. The monoisotopic (exact) mass is 435 g/mol. The molecule has 4 bridgehead atoms. The normalized spacial score (nSPS) is 48.6. The van der Waals surface area contributed by atoms with E-state index in [1.165, 1.54) is 19.3 Å². The summed E-state index contributed by atoms with van der Waals surface area (Å²) in [5, 5.41) is 47.1. The number of ether oxygens (including phenoxy) is 1. The van der Waals surface area contributed by atoms with Crippen molar-refractivity contribution in [1.82, 2.24) is 15.5 Å². The highest BCUT2D eigenvalue weighted by molar-refractivity contribution is 7.53. The molecule has 1 saturated heterocycles. The molecule has 0 spiro atoms. The van der Waals surface area contributed by atoms with Crippen LogP contribution in [0.1, 0.15) is 38.5 Å². The maximum atomic E-state index is 12.5. The summed E-state index contributed by atoms with van der Waals surface area (Å²) >= 11 is 0. The zero-order valence-corrected chi connectivity index (χ0v) is 17.4. The average Bonchev–Trinajstić information content (AvgIpc) is 2.65. The van der Waals surface area contributed by atoms with Gasteiger partial charge in [0.05, 0.1) is 19.3 Å². The number of hydrogen-bond acceptors (Lipinski definition) is 7. The molecule has 1 heterocycles. The van der Waals surface area contributed by atoms with Crippen LogP contribution in [-0.4, -0.2) is 75.8 Å². The minimum absolute atomic E-state index is 0.120. The van der Waals surface area contributed by atoms with Gasteiger partial charge in [-0.1, -0.05) is 0 Å². The second kappa shape index (κ2) is 8.43. The van der Waals surface area contributed by atoms with Crippen molar-refractivity contribution >= 4 is 7.67 Å². The number of hydrogen-bond donors (Lipinski definition) is 8. The van der Waals surface area contributed by atoms with E-state index in [-0.39, 0.29) is 12.1 Å². The molecule has 11 heteroatoms. The Hall–Kier alpha value is -0.130. The maximum absolute atomic E-state index is 12.5. The van der Waals surface area contributed by atoms with E-state index in [1.807, 2.05) is 0 Å². The van der Waals surface area contributed by atoms with Crippen molar-refractivity contribution < 1.29 is 34.6 Å². The van der Waals surface area contributed by atoms with E-state index in [9.17, 15) is 24.8 Å². The number of aliphatic hydroxyl groups is 4. The summed E-state index contributed by atoms with van der Waals surface area (Å²) in [4.78, 5) is 10.3. The fraction of sp³-hybridized carbons (Fsp3) is 1.00. The Morgan fingerprint density at radius 2 is 1.55 bits per heavy atom. The molecule has 5 aliphatic rings. The van der Waals surface area contributed by atoms with E-state index in [4.69, 9.17) is 9.84 Å². The van der Waals surface area contributed by atoms with Gasteiger partial charge in [-0.3, -0.25) is 9.88 Å². The highest BCUT2D eigenvalue weighted by atomic mass is 31.2. The SMILES string of the molecule is O=P(O)(NCNC1C(O)O[C@H](CO)[C@H](O)[C@@H]1O)NCC12CC3CC(CC(C3)C1)C2. The van der Waals surface area contributed by atoms with Crippen molar-refractivity contribution in [3.8, 4) is 0 Å². The molecule has 0 radical (unpaired) electrons. The lowest BCUT2D eigenvalue weighted by molar-refractivity contribution is -0.254. The van der Waals surface area contributed by atoms with Crippen molar-refractivity contribution in [1.29, 1.82) is 0 Å². The highest BCUT2D eigenvalue weighted by Crippen LogP contribution is 2.60. The summed E-state index contributed by atoms with van der Waals surface area (Å²) < 4.78 is 17.6. The molecule has 1 aliphatic heterocycles. The second-order valence-electron chi connectivity index (χ2n) is 9.62. The number of nitrogens with one attached hydrogen (secondary N) is 3. The fourth-order valence-electron chi connectivity index (χ4n) is 6.43. The first-order valence-electron chi connectivity index (χ1n) is 10.6. The quantitative estimate of drug-likeness (QED) is 0.172. The van der Waals surface area contributed by atoms with Gasteiger partial charge in [0.15, 0.2) is 6.29 Å². The molecule has 6 atom stereocenters. The van der Waals surface area contributed by atoms with Crippen molar-refractivity contribution in [3.63, 3.8) is 0 Å². The Morgan fingerprint density at radius 1 is 0.966 bits per heavy atom.